The molecule has 3 aromatic rings. The van der Waals surface area contributed by atoms with Crippen LogP contribution in [0.15, 0.2) is 35.4 Å². The summed E-state index contributed by atoms with van der Waals surface area (Å²) in [5.41, 5.74) is 1.13. The largest absolute Gasteiger partial charge is 0.381 e. The average molecular weight is 423 g/mol. The smallest absolute Gasteiger partial charge is 0.274 e. The zero-order valence-electron chi connectivity index (χ0n) is 17.5. The van der Waals surface area contributed by atoms with E-state index in [1.54, 1.807) is 41.6 Å². The first-order chi connectivity index (χ1) is 15.1. The summed E-state index contributed by atoms with van der Waals surface area (Å²) in [6, 6.07) is 5.70. The van der Waals surface area contributed by atoms with Gasteiger partial charge < -0.3 is 25.3 Å². The predicted octanol–water partition coefficient (Wildman–Crippen LogP) is 1.92. The lowest BCUT2D eigenvalue weighted by molar-refractivity contribution is 0.00522. The number of methoxy groups -OCH3 is 1. The number of anilines is 3. The third-order valence-corrected chi connectivity index (χ3v) is 5.92. The van der Waals surface area contributed by atoms with E-state index in [1.165, 1.54) is 6.20 Å². The topological polar surface area (TPSA) is 115 Å². The summed E-state index contributed by atoms with van der Waals surface area (Å²) in [4.78, 5) is 30.2. The molecule has 3 heterocycles. The van der Waals surface area contributed by atoms with Crippen LogP contribution in [-0.4, -0.2) is 51.4 Å². The van der Waals surface area contributed by atoms with E-state index in [-0.39, 0.29) is 29.7 Å². The molecule has 2 aliphatic carbocycles. The van der Waals surface area contributed by atoms with E-state index in [9.17, 15) is 9.59 Å². The maximum absolute atomic E-state index is 13.0. The Morgan fingerprint density at radius 1 is 1.29 bits per heavy atom. The fraction of sp³-hybridized carbons (Fsp3) is 0.429. The summed E-state index contributed by atoms with van der Waals surface area (Å²) in [7, 11) is 3.46. The van der Waals surface area contributed by atoms with Crippen molar-refractivity contribution in [1.82, 2.24) is 24.5 Å². The van der Waals surface area contributed by atoms with Crippen molar-refractivity contribution in [1.29, 1.82) is 0 Å². The number of nitrogens with one attached hydrogen (secondary N) is 3. The van der Waals surface area contributed by atoms with Crippen molar-refractivity contribution in [2.24, 2.45) is 0 Å². The van der Waals surface area contributed by atoms with E-state index in [0.717, 1.165) is 25.7 Å². The van der Waals surface area contributed by atoms with Crippen LogP contribution in [-0.2, 0) is 4.74 Å². The fourth-order valence-electron chi connectivity index (χ4n) is 3.84. The first-order valence-corrected chi connectivity index (χ1v) is 10.5. The fourth-order valence-corrected chi connectivity index (χ4v) is 3.84. The van der Waals surface area contributed by atoms with Crippen LogP contribution in [0.2, 0.25) is 0 Å². The van der Waals surface area contributed by atoms with E-state index < -0.39 is 0 Å². The van der Waals surface area contributed by atoms with Crippen LogP contribution in [0.1, 0.15) is 42.1 Å². The Labute approximate surface area is 178 Å². The molecule has 0 unspecified atom stereocenters. The minimum atomic E-state index is -0.191. The number of fused-ring (bicyclic) bond motifs is 1. The molecule has 3 aromatic heterocycles. The number of aromatic nitrogens is 4. The van der Waals surface area contributed by atoms with Crippen LogP contribution in [0.5, 0.6) is 0 Å². The molecule has 0 aromatic carbocycles. The van der Waals surface area contributed by atoms with E-state index in [0.29, 0.717) is 28.5 Å². The van der Waals surface area contributed by atoms with E-state index >= 15 is 0 Å². The molecule has 10 heteroatoms. The number of carbonyl (C=O) groups is 1. The van der Waals surface area contributed by atoms with E-state index in [2.05, 4.69) is 26.0 Å². The molecule has 2 saturated carbocycles. The van der Waals surface area contributed by atoms with Crippen molar-refractivity contribution in [3.05, 3.63) is 46.5 Å². The molecule has 3 N–H and O–H groups in total. The van der Waals surface area contributed by atoms with Gasteiger partial charge in [-0.1, -0.05) is 0 Å². The summed E-state index contributed by atoms with van der Waals surface area (Å²) in [5, 5.41) is 13.5. The van der Waals surface area contributed by atoms with Crippen LogP contribution in [0.3, 0.4) is 0 Å². The van der Waals surface area contributed by atoms with Crippen molar-refractivity contribution < 1.29 is 9.53 Å². The van der Waals surface area contributed by atoms with Crippen molar-refractivity contribution >= 4 is 28.9 Å². The van der Waals surface area contributed by atoms with Gasteiger partial charge in [-0.05, 0) is 37.8 Å². The Morgan fingerprint density at radius 2 is 2.10 bits per heavy atom. The lowest BCUT2D eigenvalue weighted by Crippen LogP contribution is -2.37. The number of carbonyl (C=O) groups excluding carboxylic acids is 1. The number of nitrogens with zero attached hydrogens (tertiary/aromatic N) is 4. The summed E-state index contributed by atoms with van der Waals surface area (Å²) in [5.74, 6) is 0.913. The van der Waals surface area contributed by atoms with Crippen LogP contribution in [0.4, 0.5) is 17.3 Å². The number of hydrogen-bond donors (Lipinski definition) is 3. The van der Waals surface area contributed by atoms with Gasteiger partial charge in [0.15, 0.2) is 5.65 Å². The van der Waals surface area contributed by atoms with Gasteiger partial charge in [0.2, 0.25) is 0 Å². The van der Waals surface area contributed by atoms with Gasteiger partial charge in [-0.3, -0.25) is 9.59 Å². The predicted molar refractivity (Wildman–Crippen MR) is 116 cm³/mol. The van der Waals surface area contributed by atoms with Crippen molar-refractivity contribution in [3.63, 3.8) is 0 Å². The highest BCUT2D eigenvalue weighted by Crippen LogP contribution is 2.33. The maximum Gasteiger partial charge on any atom is 0.274 e. The van der Waals surface area contributed by atoms with Gasteiger partial charge >= 0.3 is 0 Å². The molecule has 0 radical (unpaired) electrons. The van der Waals surface area contributed by atoms with Crippen LogP contribution in [0, 0.1) is 0 Å². The standard InChI is InChI=1S/C21H25N7O3/c1-22-18-10-17(26-19-15(11-23-28(18)19)20(29)24-12-5-6-12)25-16-4-3-7-27(21(16)30)13-8-14(9-13)31-2/h3-4,7,10-14,22H,5-6,8-9H2,1-2H3,(H,24,29)(H,25,26)/t13-,14-. The molecule has 0 bridgehead atoms. The zero-order valence-corrected chi connectivity index (χ0v) is 17.5. The molecular formula is C21H25N7O3. The number of rotatable bonds is 7. The maximum atomic E-state index is 13.0. The zero-order chi connectivity index (χ0) is 21.5. The van der Waals surface area contributed by atoms with Gasteiger partial charge in [-0.15, -0.1) is 0 Å². The highest BCUT2D eigenvalue weighted by molar-refractivity contribution is 6.00. The number of pyridine rings is 1. The lowest BCUT2D eigenvalue weighted by atomic mass is 9.89. The minimum Gasteiger partial charge on any atom is -0.381 e. The second-order valence-corrected chi connectivity index (χ2v) is 8.06. The molecule has 0 aliphatic heterocycles. The Kier molecular flexibility index (Phi) is 4.85. The SMILES string of the molecule is CNc1cc(Nc2cccn([C@H]3C[C@H](OC)C3)c2=O)nc2c(C(=O)NC3CC3)cnn12. The molecule has 2 fully saturated rings. The normalized spacial score (nSPS) is 20.3. The molecule has 0 atom stereocenters. The van der Waals surface area contributed by atoms with Gasteiger partial charge in [0.05, 0.1) is 12.3 Å². The van der Waals surface area contributed by atoms with E-state index in [1.807, 2.05) is 6.07 Å². The Balaban J connectivity index is 1.46. The van der Waals surface area contributed by atoms with Crippen LogP contribution in [0.25, 0.3) is 5.65 Å². The number of amides is 1. The second-order valence-electron chi connectivity index (χ2n) is 8.06. The molecule has 2 aliphatic rings. The summed E-state index contributed by atoms with van der Waals surface area (Å²) in [6.45, 7) is 0. The molecule has 0 saturated heterocycles. The molecule has 5 rings (SSSR count). The van der Waals surface area contributed by atoms with E-state index in [4.69, 9.17) is 4.74 Å². The van der Waals surface area contributed by atoms with Gasteiger partial charge in [0.1, 0.15) is 22.9 Å². The van der Waals surface area contributed by atoms with Gasteiger partial charge in [-0.25, -0.2) is 4.98 Å². The Hall–Kier alpha value is -3.40. The lowest BCUT2D eigenvalue weighted by Gasteiger charge is -2.35. The molecular weight excluding hydrogens is 398 g/mol. The van der Waals surface area contributed by atoms with Crippen molar-refractivity contribution in [3.8, 4) is 0 Å². The Bertz CT molecular complexity index is 1190. The molecule has 31 heavy (non-hydrogen) atoms. The van der Waals surface area contributed by atoms with Crippen LogP contribution < -0.4 is 21.5 Å². The average Bonchev–Trinajstić information content (AvgIpc) is 3.44. The first kappa shape index (κ1) is 19.6. The molecule has 0 spiro atoms. The summed E-state index contributed by atoms with van der Waals surface area (Å²) < 4.78 is 8.65. The Morgan fingerprint density at radius 3 is 2.81 bits per heavy atom. The van der Waals surface area contributed by atoms with Crippen LogP contribution >= 0.6 is 0 Å². The van der Waals surface area contributed by atoms with Gasteiger partial charge in [-0.2, -0.15) is 9.61 Å². The first-order valence-electron chi connectivity index (χ1n) is 10.5. The minimum absolute atomic E-state index is 0.116. The van der Waals surface area contributed by atoms with Crippen molar-refractivity contribution in [2.75, 3.05) is 24.8 Å². The molecule has 162 valence electrons. The third-order valence-electron chi connectivity index (χ3n) is 5.92. The highest BCUT2D eigenvalue weighted by Gasteiger charge is 2.31. The highest BCUT2D eigenvalue weighted by atomic mass is 16.5. The van der Waals surface area contributed by atoms with Crippen molar-refractivity contribution in [2.45, 2.75) is 43.9 Å². The molecule has 10 nitrogen and oxygen atoms in total. The number of ether oxygens (including phenoxy) is 1. The summed E-state index contributed by atoms with van der Waals surface area (Å²) in [6.07, 6.45) is 7.17. The quantitative estimate of drug-likeness (QED) is 0.532. The third kappa shape index (κ3) is 3.63. The number of hydrogen-bond acceptors (Lipinski definition) is 7. The monoisotopic (exact) mass is 423 g/mol. The molecule has 1 amide bonds. The summed E-state index contributed by atoms with van der Waals surface area (Å²) >= 11 is 0. The second kappa shape index (κ2) is 7.69. The van der Waals surface area contributed by atoms with Gasteiger partial charge in [0.25, 0.3) is 11.5 Å². The van der Waals surface area contributed by atoms with Gasteiger partial charge in [0, 0.05) is 38.5 Å².